The molecule has 1 unspecified atom stereocenters. The van der Waals surface area contributed by atoms with Crippen LogP contribution in [0.2, 0.25) is 5.02 Å². The van der Waals surface area contributed by atoms with Crippen LogP contribution >= 0.6 is 11.6 Å². The second-order valence-electron chi connectivity index (χ2n) is 3.91. The molecular formula is C12H17ClFN. The summed E-state index contributed by atoms with van der Waals surface area (Å²) in [7, 11) is 1.94. The monoisotopic (exact) mass is 229 g/mol. The lowest BCUT2D eigenvalue weighted by atomic mass is 10.0. The van der Waals surface area contributed by atoms with Crippen LogP contribution < -0.4 is 5.32 Å². The summed E-state index contributed by atoms with van der Waals surface area (Å²) in [5, 5.41) is 3.40. The zero-order valence-electron chi connectivity index (χ0n) is 9.19. The molecule has 84 valence electrons. The van der Waals surface area contributed by atoms with Crippen molar-refractivity contribution in [1.82, 2.24) is 5.32 Å². The topological polar surface area (TPSA) is 12.0 Å². The molecule has 0 saturated carbocycles. The maximum atomic E-state index is 13.1. The summed E-state index contributed by atoms with van der Waals surface area (Å²) in [5.41, 5.74) is 0.902. The molecule has 0 aliphatic rings. The number of benzene rings is 1. The van der Waals surface area contributed by atoms with Gasteiger partial charge in [-0.25, -0.2) is 4.39 Å². The summed E-state index contributed by atoms with van der Waals surface area (Å²) >= 11 is 5.86. The minimum absolute atomic E-state index is 0.272. The molecule has 0 fully saturated rings. The van der Waals surface area contributed by atoms with Gasteiger partial charge in [0.1, 0.15) is 5.82 Å². The third kappa shape index (κ3) is 3.80. The highest BCUT2D eigenvalue weighted by Crippen LogP contribution is 2.21. The van der Waals surface area contributed by atoms with Crippen molar-refractivity contribution in [2.75, 3.05) is 13.6 Å². The molecule has 0 amide bonds. The second kappa shape index (κ2) is 6.09. The van der Waals surface area contributed by atoms with Gasteiger partial charge in [-0.2, -0.15) is 0 Å². The third-order valence-corrected chi connectivity index (χ3v) is 2.91. The molecule has 1 rings (SSSR count). The molecule has 0 aliphatic heterocycles. The largest absolute Gasteiger partial charge is 0.319 e. The summed E-state index contributed by atoms with van der Waals surface area (Å²) < 4.78 is 13.1. The van der Waals surface area contributed by atoms with E-state index < -0.39 is 0 Å². The Kier molecular flexibility index (Phi) is 5.06. The number of halogens is 2. The van der Waals surface area contributed by atoms with Crippen molar-refractivity contribution < 1.29 is 4.39 Å². The first-order chi connectivity index (χ1) is 7.15. The van der Waals surface area contributed by atoms with E-state index in [2.05, 4.69) is 12.2 Å². The maximum absolute atomic E-state index is 13.1. The SMILES string of the molecule is CNCC(C)CCc1cccc(F)c1Cl. The first-order valence-corrected chi connectivity index (χ1v) is 5.60. The first kappa shape index (κ1) is 12.5. The lowest BCUT2D eigenvalue weighted by Gasteiger charge is -2.11. The van der Waals surface area contributed by atoms with Crippen LogP contribution in [0.1, 0.15) is 18.9 Å². The minimum atomic E-state index is -0.324. The van der Waals surface area contributed by atoms with Crippen LogP contribution in [0.25, 0.3) is 0 Å². The quantitative estimate of drug-likeness (QED) is 0.817. The second-order valence-corrected chi connectivity index (χ2v) is 4.29. The lowest BCUT2D eigenvalue weighted by molar-refractivity contribution is 0.504. The van der Waals surface area contributed by atoms with Gasteiger partial charge in [-0.1, -0.05) is 30.7 Å². The van der Waals surface area contributed by atoms with Gasteiger partial charge in [0, 0.05) is 0 Å². The fourth-order valence-electron chi connectivity index (χ4n) is 1.59. The van der Waals surface area contributed by atoms with E-state index in [4.69, 9.17) is 11.6 Å². The van der Waals surface area contributed by atoms with E-state index in [9.17, 15) is 4.39 Å². The van der Waals surface area contributed by atoms with Gasteiger partial charge in [0.15, 0.2) is 0 Å². The molecule has 1 nitrogen and oxygen atoms in total. The summed E-state index contributed by atoms with van der Waals surface area (Å²) in [6.07, 6.45) is 1.85. The van der Waals surface area contributed by atoms with Crippen molar-refractivity contribution in [2.45, 2.75) is 19.8 Å². The highest BCUT2D eigenvalue weighted by molar-refractivity contribution is 6.31. The zero-order valence-corrected chi connectivity index (χ0v) is 9.94. The summed E-state index contributed by atoms with van der Waals surface area (Å²) in [6, 6.07) is 4.99. The molecule has 0 bridgehead atoms. The van der Waals surface area contributed by atoms with Crippen LogP contribution in [0.15, 0.2) is 18.2 Å². The average Bonchev–Trinajstić information content (AvgIpc) is 2.21. The van der Waals surface area contributed by atoms with Gasteiger partial charge >= 0.3 is 0 Å². The number of hydrogen-bond donors (Lipinski definition) is 1. The normalized spacial score (nSPS) is 12.8. The highest BCUT2D eigenvalue weighted by atomic mass is 35.5. The molecule has 1 atom stereocenters. The number of rotatable bonds is 5. The van der Waals surface area contributed by atoms with Crippen molar-refractivity contribution in [2.24, 2.45) is 5.92 Å². The Morgan fingerprint density at radius 1 is 1.47 bits per heavy atom. The Morgan fingerprint density at radius 2 is 2.20 bits per heavy atom. The predicted octanol–water partition coefficient (Wildman–Crippen LogP) is 3.27. The molecule has 0 radical (unpaired) electrons. The Morgan fingerprint density at radius 3 is 2.87 bits per heavy atom. The molecule has 0 saturated heterocycles. The average molecular weight is 230 g/mol. The standard InChI is InChI=1S/C12H17ClFN/c1-9(8-15-2)6-7-10-4-3-5-11(14)12(10)13/h3-5,9,15H,6-8H2,1-2H3. The number of hydrogen-bond acceptors (Lipinski definition) is 1. The van der Waals surface area contributed by atoms with Gasteiger partial charge in [0.25, 0.3) is 0 Å². The number of aryl methyl sites for hydroxylation is 1. The molecule has 0 spiro atoms. The van der Waals surface area contributed by atoms with Crippen molar-refractivity contribution >= 4 is 11.6 Å². The van der Waals surface area contributed by atoms with Gasteiger partial charge in [-0.05, 0) is 44.0 Å². The van der Waals surface area contributed by atoms with Crippen molar-refractivity contribution in [1.29, 1.82) is 0 Å². The predicted molar refractivity (Wildman–Crippen MR) is 62.8 cm³/mol. The van der Waals surface area contributed by atoms with Crippen LogP contribution in [0.4, 0.5) is 4.39 Å². The Hall–Kier alpha value is -0.600. The van der Waals surface area contributed by atoms with Crippen LogP contribution in [-0.4, -0.2) is 13.6 Å². The Bertz CT molecular complexity index is 314. The number of nitrogens with one attached hydrogen (secondary N) is 1. The molecule has 1 aromatic carbocycles. The molecular weight excluding hydrogens is 213 g/mol. The molecule has 0 aromatic heterocycles. The summed E-state index contributed by atoms with van der Waals surface area (Å²) in [4.78, 5) is 0. The van der Waals surface area contributed by atoms with Gasteiger partial charge in [0.2, 0.25) is 0 Å². The molecule has 15 heavy (non-hydrogen) atoms. The lowest BCUT2D eigenvalue weighted by Crippen LogP contribution is -2.16. The van der Waals surface area contributed by atoms with Crippen LogP contribution in [0.5, 0.6) is 0 Å². The van der Waals surface area contributed by atoms with E-state index in [1.54, 1.807) is 6.07 Å². The third-order valence-electron chi connectivity index (χ3n) is 2.49. The summed E-state index contributed by atoms with van der Waals surface area (Å²) in [6.45, 7) is 3.15. The smallest absolute Gasteiger partial charge is 0.142 e. The van der Waals surface area contributed by atoms with Crippen molar-refractivity contribution in [3.8, 4) is 0 Å². The first-order valence-electron chi connectivity index (χ1n) is 5.22. The van der Waals surface area contributed by atoms with E-state index in [1.165, 1.54) is 6.07 Å². The summed E-state index contributed by atoms with van der Waals surface area (Å²) in [5.74, 6) is 0.254. The van der Waals surface area contributed by atoms with Gasteiger partial charge in [-0.3, -0.25) is 0 Å². The molecule has 3 heteroatoms. The van der Waals surface area contributed by atoms with Crippen LogP contribution in [0.3, 0.4) is 0 Å². The fourth-order valence-corrected chi connectivity index (χ4v) is 1.81. The maximum Gasteiger partial charge on any atom is 0.142 e. The van der Waals surface area contributed by atoms with E-state index in [-0.39, 0.29) is 10.8 Å². The van der Waals surface area contributed by atoms with Gasteiger partial charge in [-0.15, -0.1) is 0 Å². The van der Waals surface area contributed by atoms with E-state index in [1.807, 2.05) is 13.1 Å². The van der Waals surface area contributed by atoms with Crippen LogP contribution in [0, 0.1) is 11.7 Å². The Balaban J connectivity index is 2.54. The fraction of sp³-hybridized carbons (Fsp3) is 0.500. The highest BCUT2D eigenvalue weighted by Gasteiger charge is 2.07. The van der Waals surface area contributed by atoms with Gasteiger partial charge < -0.3 is 5.32 Å². The van der Waals surface area contributed by atoms with Crippen molar-refractivity contribution in [3.05, 3.63) is 34.6 Å². The minimum Gasteiger partial charge on any atom is -0.319 e. The van der Waals surface area contributed by atoms with E-state index in [0.29, 0.717) is 5.92 Å². The van der Waals surface area contributed by atoms with Crippen molar-refractivity contribution in [3.63, 3.8) is 0 Å². The molecule has 0 heterocycles. The van der Waals surface area contributed by atoms with E-state index >= 15 is 0 Å². The zero-order chi connectivity index (χ0) is 11.3. The Labute approximate surface area is 95.6 Å². The van der Waals surface area contributed by atoms with E-state index in [0.717, 1.165) is 24.9 Å². The molecule has 1 aromatic rings. The molecule has 1 N–H and O–H groups in total. The van der Waals surface area contributed by atoms with Gasteiger partial charge in [0.05, 0.1) is 5.02 Å². The van der Waals surface area contributed by atoms with Crippen LogP contribution in [-0.2, 0) is 6.42 Å². The molecule has 0 aliphatic carbocycles.